The van der Waals surface area contributed by atoms with E-state index in [1.807, 2.05) is 0 Å². The summed E-state index contributed by atoms with van der Waals surface area (Å²) in [6.07, 6.45) is 0.0133. The summed E-state index contributed by atoms with van der Waals surface area (Å²) >= 11 is 0. The number of amides is 2. The molecule has 1 heterocycles. The van der Waals surface area contributed by atoms with Crippen LogP contribution in [0.2, 0.25) is 0 Å². The quantitative estimate of drug-likeness (QED) is 0.728. The molecule has 5 heteroatoms. The zero-order valence-electron chi connectivity index (χ0n) is 9.57. The number of rotatable bonds is 2. The molecule has 2 rings (SSSR count). The lowest BCUT2D eigenvalue weighted by Crippen LogP contribution is -2.25. The second-order valence-corrected chi connectivity index (χ2v) is 3.94. The molecule has 1 aromatic carbocycles. The van der Waals surface area contributed by atoms with Gasteiger partial charge in [0.2, 0.25) is 11.8 Å². The van der Waals surface area contributed by atoms with Gasteiger partial charge in [0.05, 0.1) is 13.0 Å². The number of methoxy groups -OCH3 is 1. The Morgan fingerprint density at radius 3 is 2.65 bits per heavy atom. The van der Waals surface area contributed by atoms with Gasteiger partial charge < -0.3 is 4.74 Å². The van der Waals surface area contributed by atoms with E-state index in [1.165, 1.54) is 32.4 Å². The number of halogens is 1. The van der Waals surface area contributed by atoms with Crippen LogP contribution in [0.4, 0.5) is 4.39 Å². The molecular formula is C12H12FNO3. The number of hydrogen-bond donors (Lipinski definition) is 0. The molecule has 1 aliphatic heterocycles. The number of carbonyl (C=O) groups is 2. The molecule has 0 N–H and O–H groups in total. The number of nitrogens with zero attached hydrogens (tertiary/aromatic N) is 1. The number of ether oxygens (including phenoxy) is 1. The zero-order chi connectivity index (χ0) is 12.6. The van der Waals surface area contributed by atoms with Crippen LogP contribution in [0.25, 0.3) is 0 Å². The molecule has 4 nitrogen and oxygen atoms in total. The van der Waals surface area contributed by atoms with E-state index in [9.17, 15) is 14.0 Å². The van der Waals surface area contributed by atoms with Crippen LogP contribution in [0.15, 0.2) is 18.2 Å². The molecule has 0 spiro atoms. The smallest absolute Gasteiger partial charge is 0.237 e. The predicted molar refractivity (Wildman–Crippen MR) is 58.1 cm³/mol. The van der Waals surface area contributed by atoms with Crippen molar-refractivity contribution in [1.29, 1.82) is 0 Å². The maximum Gasteiger partial charge on any atom is 0.237 e. The first-order valence-corrected chi connectivity index (χ1v) is 5.18. The van der Waals surface area contributed by atoms with Gasteiger partial charge in [0.25, 0.3) is 0 Å². The molecule has 1 aromatic rings. The van der Waals surface area contributed by atoms with Crippen LogP contribution in [-0.2, 0) is 9.59 Å². The first-order valence-electron chi connectivity index (χ1n) is 5.18. The number of likely N-dealkylation sites (N-methyl/N-ethyl adjacent to an activating group) is 1. The summed E-state index contributed by atoms with van der Waals surface area (Å²) in [4.78, 5) is 24.2. The highest BCUT2D eigenvalue weighted by Crippen LogP contribution is 2.32. The molecule has 1 saturated heterocycles. The third kappa shape index (κ3) is 1.88. The third-order valence-corrected chi connectivity index (χ3v) is 2.96. The van der Waals surface area contributed by atoms with E-state index in [0.29, 0.717) is 5.75 Å². The molecule has 90 valence electrons. The van der Waals surface area contributed by atoms with Gasteiger partial charge in [-0.2, -0.15) is 0 Å². The maximum atomic E-state index is 13.6. The van der Waals surface area contributed by atoms with Gasteiger partial charge in [0.15, 0.2) is 0 Å². The van der Waals surface area contributed by atoms with Crippen molar-refractivity contribution in [3.8, 4) is 5.75 Å². The van der Waals surface area contributed by atoms with Crippen LogP contribution >= 0.6 is 0 Å². The summed E-state index contributed by atoms with van der Waals surface area (Å²) < 4.78 is 18.6. The SMILES string of the molecule is COc1ccc(F)c(C2CC(=O)N(C)C2=O)c1. The minimum absolute atomic E-state index is 0.0133. The number of carbonyl (C=O) groups excluding carboxylic acids is 2. The van der Waals surface area contributed by atoms with E-state index in [-0.39, 0.29) is 23.8 Å². The first-order chi connectivity index (χ1) is 8.04. The second kappa shape index (κ2) is 4.16. The number of benzene rings is 1. The molecule has 0 bridgehead atoms. The summed E-state index contributed by atoms with van der Waals surface area (Å²) in [5.74, 6) is -1.42. The Bertz CT molecular complexity index is 487. The Morgan fingerprint density at radius 2 is 2.12 bits per heavy atom. The summed E-state index contributed by atoms with van der Waals surface area (Å²) in [6.45, 7) is 0. The Hall–Kier alpha value is -1.91. The van der Waals surface area contributed by atoms with Gasteiger partial charge in [0, 0.05) is 19.0 Å². The average Bonchev–Trinajstić information content (AvgIpc) is 2.58. The third-order valence-electron chi connectivity index (χ3n) is 2.96. The van der Waals surface area contributed by atoms with E-state index in [0.717, 1.165) is 4.90 Å². The summed E-state index contributed by atoms with van der Waals surface area (Å²) in [5.41, 5.74) is 0.215. The molecule has 0 radical (unpaired) electrons. The van der Waals surface area contributed by atoms with E-state index >= 15 is 0 Å². The van der Waals surface area contributed by atoms with Gasteiger partial charge in [-0.25, -0.2) is 4.39 Å². The topological polar surface area (TPSA) is 46.6 Å². The van der Waals surface area contributed by atoms with Crippen molar-refractivity contribution in [1.82, 2.24) is 4.90 Å². The molecule has 0 aliphatic carbocycles. The Balaban J connectivity index is 2.41. The van der Waals surface area contributed by atoms with Gasteiger partial charge in [-0.05, 0) is 18.2 Å². The number of imide groups is 1. The van der Waals surface area contributed by atoms with Gasteiger partial charge in [-0.1, -0.05) is 0 Å². The van der Waals surface area contributed by atoms with Crippen molar-refractivity contribution in [2.24, 2.45) is 0 Å². The maximum absolute atomic E-state index is 13.6. The van der Waals surface area contributed by atoms with Crippen LogP contribution in [0.1, 0.15) is 17.9 Å². The number of hydrogen-bond acceptors (Lipinski definition) is 3. The van der Waals surface area contributed by atoms with Crippen LogP contribution < -0.4 is 4.74 Å². The largest absolute Gasteiger partial charge is 0.497 e. The zero-order valence-corrected chi connectivity index (χ0v) is 9.57. The fourth-order valence-corrected chi connectivity index (χ4v) is 1.91. The van der Waals surface area contributed by atoms with E-state index in [1.54, 1.807) is 0 Å². The highest BCUT2D eigenvalue weighted by molar-refractivity contribution is 6.05. The Morgan fingerprint density at radius 1 is 1.41 bits per heavy atom. The molecule has 2 amide bonds. The first kappa shape index (κ1) is 11.6. The Labute approximate surface area is 98.0 Å². The lowest BCUT2D eigenvalue weighted by Gasteiger charge is -2.11. The second-order valence-electron chi connectivity index (χ2n) is 3.94. The predicted octanol–water partition coefficient (Wildman–Crippen LogP) is 1.31. The molecule has 1 fully saturated rings. The van der Waals surface area contributed by atoms with Crippen molar-refractivity contribution in [3.63, 3.8) is 0 Å². The molecule has 0 aromatic heterocycles. The molecule has 17 heavy (non-hydrogen) atoms. The highest BCUT2D eigenvalue weighted by Gasteiger charge is 2.38. The lowest BCUT2D eigenvalue weighted by atomic mass is 9.97. The average molecular weight is 237 g/mol. The van der Waals surface area contributed by atoms with Crippen LogP contribution in [0.3, 0.4) is 0 Å². The lowest BCUT2D eigenvalue weighted by molar-refractivity contribution is -0.137. The van der Waals surface area contributed by atoms with Crippen molar-refractivity contribution in [3.05, 3.63) is 29.6 Å². The van der Waals surface area contributed by atoms with Crippen molar-refractivity contribution >= 4 is 11.8 Å². The minimum Gasteiger partial charge on any atom is -0.497 e. The van der Waals surface area contributed by atoms with Gasteiger partial charge in [0.1, 0.15) is 11.6 Å². The summed E-state index contributed by atoms with van der Waals surface area (Å²) in [6, 6.07) is 4.18. The summed E-state index contributed by atoms with van der Waals surface area (Å²) in [5, 5.41) is 0. The molecular weight excluding hydrogens is 225 g/mol. The van der Waals surface area contributed by atoms with E-state index in [2.05, 4.69) is 0 Å². The van der Waals surface area contributed by atoms with Crippen molar-refractivity contribution in [2.45, 2.75) is 12.3 Å². The standard InChI is InChI=1S/C12H12FNO3/c1-14-11(15)6-9(12(14)16)8-5-7(17-2)3-4-10(8)13/h3-5,9H,6H2,1-2H3. The fourth-order valence-electron chi connectivity index (χ4n) is 1.91. The molecule has 1 aliphatic rings. The van der Waals surface area contributed by atoms with Crippen molar-refractivity contribution < 1.29 is 18.7 Å². The van der Waals surface area contributed by atoms with Crippen LogP contribution in [0, 0.1) is 5.82 Å². The number of likely N-dealkylation sites (tertiary alicyclic amines) is 1. The highest BCUT2D eigenvalue weighted by atomic mass is 19.1. The minimum atomic E-state index is -0.734. The van der Waals surface area contributed by atoms with Gasteiger partial charge >= 0.3 is 0 Å². The van der Waals surface area contributed by atoms with Gasteiger partial charge in [-0.15, -0.1) is 0 Å². The molecule has 1 atom stereocenters. The fraction of sp³-hybridized carbons (Fsp3) is 0.333. The monoisotopic (exact) mass is 237 g/mol. The van der Waals surface area contributed by atoms with Crippen LogP contribution in [0.5, 0.6) is 5.75 Å². The van der Waals surface area contributed by atoms with E-state index < -0.39 is 11.7 Å². The van der Waals surface area contributed by atoms with Crippen LogP contribution in [-0.4, -0.2) is 30.9 Å². The normalized spacial score (nSPS) is 19.9. The van der Waals surface area contributed by atoms with E-state index in [4.69, 9.17) is 4.74 Å². The summed E-state index contributed by atoms with van der Waals surface area (Å²) in [7, 11) is 2.87. The molecule has 1 unspecified atom stereocenters. The Kier molecular flexibility index (Phi) is 2.83. The van der Waals surface area contributed by atoms with Gasteiger partial charge in [-0.3, -0.25) is 14.5 Å². The molecule has 0 saturated carbocycles. The van der Waals surface area contributed by atoms with Crippen molar-refractivity contribution in [2.75, 3.05) is 14.2 Å².